The number of nitrogens with zero attached hydrogens (tertiary/aromatic N) is 1. The van der Waals surface area contributed by atoms with Gasteiger partial charge in [-0.1, -0.05) is 38.1 Å². The van der Waals surface area contributed by atoms with Crippen LogP contribution in [-0.4, -0.2) is 43.8 Å². The minimum atomic E-state index is 0.259. The first-order chi connectivity index (χ1) is 10.2. The van der Waals surface area contributed by atoms with Crippen molar-refractivity contribution in [2.24, 2.45) is 0 Å². The van der Waals surface area contributed by atoms with Gasteiger partial charge in [0.15, 0.2) is 0 Å². The molecule has 2 aliphatic rings. The van der Waals surface area contributed by atoms with Crippen molar-refractivity contribution in [2.75, 3.05) is 26.7 Å². The van der Waals surface area contributed by atoms with Crippen molar-refractivity contribution < 1.29 is 4.74 Å². The molecule has 1 heterocycles. The standard InChI is InChI=1S/C18H28N2O/c1-13(2)14-4-6-15(7-5-14)18-17(12-19-3)21-11-10-20(18)16-8-9-16/h4-7,13,16-19H,8-12H2,1-3H3. The molecule has 1 N–H and O–H groups in total. The highest BCUT2D eigenvalue weighted by atomic mass is 16.5. The molecule has 1 saturated carbocycles. The molecule has 3 heteroatoms. The van der Waals surface area contributed by atoms with Gasteiger partial charge in [-0.25, -0.2) is 0 Å². The molecule has 2 unspecified atom stereocenters. The summed E-state index contributed by atoms with van der Waals surface area (Å²) in [5.41, 5.74) is 2.82. The molecule has 2 atom stereocenters. The minimum absolute atomic E-state index is 0.259. The zero-order valence-corrected chi connectivity index (χ0v) is 13.5. The van der Waals surface area contributed by atoms with Gasteiger partial charge in [0.25, 0.3) is 0 Å². The fraction of sp³-hybridized carbons (Fsp3) is 0.667. The van der Waals surface area contributed by atoms with E-state index in [1.54, 1.807) is 0 Å². The molecule has 1 aliphatic heterocycles. The maximum atomic E-state index is 6.07. The van der Waals surface area contributed by atoms with Crippen molar-refractivity contribution in [2.45, 2.75) is 50.8 Å². The van der Waals surface area contributed by atoms with E-state index in [9.17, 15) is 0 Å². The second kappa shape index (κ2) is 6.47. The molecule has 0 bridgehead atoms. The van der Waals surface area contributed by atoms with Crippen molar-refractivity contribution in [3.05, 3.63) is 35.4 Å². The molecule has 0 radical (unpaired) electrons. The normalized spacial score (nSPS) is 27.2. The predicted octanol–water partition coefficient (Wildman–Crippen LogP) is 2.93. The molecule has 3 rings (SSSR count). The summed E-state index contributed by atoms with van der Waals surface area (Å²) in [4.78, 5) is 2.68. The Hall–Kier alpha value is -0.900. The molecular weight excluding hydrogens is 260 g/mol. The van der Waals surface area contributed by atoms with Crippen molar-refractivity contribution in [1.82, 2.24) is 10.2 Å². The van der Waals surface area contributed by atoms with Gasteiger partial charge in [-0.05, 0) is 36.9 Å². The SMILES string of the molecule is CNCC1OCCN(C2CC2)C1c1ccc(C(C)C)cc1. The van der Waals surface area contributed by atoms with Gasteiger partial charge in [0.2, 0.25) is 0 Å². The lowest BCUT2D eigenvalue weighted by molar-refractivity contribution is -0.0740. The van der Waals surface area contributed by atoms with Gasteiger partial charge in [0, 0.05) is 19.1 Å². The molecule has 1 aliphatic carbocycles. The van der Waals surface area contributed by atoms with Crippen LogP contribution in [0, 0.1) is 0 Å². The quantitative estimate of drug-likeness (QED) is 0.901. The summed E-state index contributed by atoms with van der Waals surface area (Å²) in [7, 11) is 2.01. The van der Waals surface area contributed by atoms with Crippen LogP contribution in [0.25, 0.3) is 0 Å². The highest BCUT2D eigenvalue weighted by Crippen LogP contribution is 2.38. The highest BCUT2D eigenvalue weighted by Gasteiger charge is 2.40. The average Bonchev–Trinajstić information content (AvgIpc) is 3.32. The van der Waals surface area contributed by atoms with Gasteiger partial charge in [0.1, 0.15) is 0 Å². The second-order valence-corrected chi connectivity index (χ2v) is 6.70. The zero-order chi connectivity index (χ0) is 14.8. The van der Waals surface area contributed by atoms with Crippen molar-refractivity contribution in [3.63, 3.8) is 0 Å². The summed E-state index contributed by atoms with van der Waals surface area (Å²) < 4.78 is 6.07. The van der Waals surface area contributed by atoms with Gasteiger partial charge in [-0.2, -0.15) is 0 Å². The summed E-state index contributed by atoms with van der Waals surface area (Å²) in [6.07, 6.45) is 2.97. The Morgan fingerprint density at radius 2 is 1.95 bits per heavy atom. The Labute approximate surface area is 128 Å². The van der Waals surface area contributed by atoms with E-state index >= 15 is 0 Å². The van der Waals surface area contributed by atoms with E-state index < -0.39 is 0 Å². The number of nitrogens with one attached hydrogen (secondary N) is 1. The van der Waals surface area contributed by atoms with Crippen LogP contribution < -0.4 is 5.32 Å². The van der Waals surface area contributed by atoms with Crippen LogP contribution in [0.5, 0.6) is 0 Å². The molecule has 3 nitrogen and oxygen atoms in total. The maximum Gasteiger partial charge on any atom is 0.0896 e. The van der Waals surface area contributed by atoms with Crippen LogP contribution in [0.4, 0.5) is 0 Å². The third-order valence-electron chi connectivity index (χ3n) is 4.76. The lowest BCUT2D eigenvalue weighted by Crippen LogP contribution is -2.49. The van der Waals surface area contributed by atoms with Crippen LogP contribution in [0.15, 0.2) is 24.3 Å². The monoisotopic (exact) mass is 288 g/mol. The van der Waals surface area contributed by atoms with Crippen LogP contribution in [0.2, 0.25) is 0 Å². The van der Waals surface area contributed by atoms with E-state index in [1.807, 2.05) is 7.05 Å². The van der Waals surface area contributed by atoms with Crippen LogP contribution in [0.1, 0.15) is 49.8 Å². The van der Waals surface area contributed by atoms with Gasteiger partial charge in [0.05, 0.1) is 18.8 Å². The summed E-state index contributed by atoms with van der Waals surface area (Å²) in [6.45, 7) is 7.35. The van der Waals surface area contributed by atoms with Crippen molar-refractivity contribution in [1.29, 1.82) is 0 Å². The smallest absolute Gasteiger partial charge is 0.0896 e. The third kappa shape index (κ3) is 3.31. The Balaban J connectivity index is 1.85. The Kier molecular flexibility index (Phi) is 4.63. The Bertz CT molecular complexity index is 451. The fourth-order valence-corrected chi connectivity index (χ4v) is 3.43. The maximum absolute atomic E-state index is 6.07. The van der Waals surface area contributed by atoms with E-state index in [1.165, 1.54) is 24.0 Å². The lowest BCUT2D eigenvalue weighted by Gasteiger charge is -2.42. The molecular formula is C18H28N2O. The molecule has 116 valence electrons. The molecule has 1 aromatic rings. The zero-order valence-electron chi connectivity index (χ0n) is 13.5. The summed E-state index contributed by atoms with van der Waals surface area (Å²) in [6, 6.07) is 10.4. The van der Waals surface area contributed by atoms with Crippen LogP contribution in [0.3, 0.4) is 0 Å². The molecule has 21 heavy (non-hydrogen) atoms. The first-order valence-corrected chi connectivity index (χ1v) is 8.32. The van der Waals surface area contributed by atoms with Crippen molar-refractivity contribution >= 4 is 0 Å². The Morgan fingerprint density at radius 3 is 2.52 bits per heavy atom. The number of benzene rings is 1. The van der Waals surface area contributed by atoms with E-state index in [0.29, 0.717) is 12.0 Å². The first-order valence-electron chi connectivity index (χ1n) is 8.32. The van der Waals surface area contributed by atoms with E-state index in [0.717, 1.165) is 25.7 Å². The second-order valence-electron chi connectivity index (χ2n) is 6.70. The minimum Gasteiger partial charge on any atom is -0.374 e. The molecule has 0 amide bonds. The molecule has 2 fully saturated rings. The van der Waals surface area contributed by atoms with E-state index in [2.05, 4.69) is 48.3 Å². The van der Waals surface area contributed by atoms with Crippen molar-refractivity contribution in [3.8, 4) is 0 Å². The number of likely N-dealkylation sites (N-methyl/N-ethyl adjacent to an activating group) is 1. The Morgan fingerprint density at radius 1 is 1.24 bits per heavy atom. The number of hydrogen-bond donors (Lipinski definition) is 1. The summed E-state index contributed by atoms with van der Waals surface area (Å²) >= 11 is 0. The number of ether oxygens (including phenoxy) is 1. The highest BCUT2D eigenvalue weighted by molar-refractivity contribution is 5.28. The molecule has 1 aromatic carbocycles. The average molecular weight is 288 g/mol. The number of rotatable bonds is 5. The number of morpholine rings is 1. The predicted molar refractivity (Wildman–Crippen MR) is 86.7 cm³/mol. The topological polar surface area (TPSA) is 24.5 Å². The van der Waals surface area contributed by atoms with Crippen LogP contribution >= 0.6 is 0 Å². The molecule has 0 aromatic heterocycles. The van der Waals surface area contributed by atoms with E-state index in [-0.39, 0.29) is 6.10 Å². The van der Waals surface area contributed by atoms with Gasteiger partial charge < -0.3 is 10.1 Å². The fourth-order valence-electron chi connectivity index (χ4n) is 3.43. The summed E-state index contributed by atoms with van der Waals surface area (Å²) in [5, 5.41) is 3.29. The number of hydrogen-bond acceptors (Lipinski definition) is 3. The van der Waals surface area contributed by atoms with E-state index in [4.69, 9.17) is 4.74 Å². The van der Waals surface area contributed by atoms with Gasteiger partial charge in [-0.15, -0.1) is 0 Å². The largest absolute Gasteiger partial charge is 0.374 e. The lowest BCUT2D eigenvalue weighted by atomic mass is 9.94. The van der Waals surface area contributed by atoms with Gasteiger partial charge >= 0.3 is 0 Å². The van der Waals surface area contributed by atoms with Crippen LogP contribution in [-0.2, 0) is 4.74 Å². The van der Waals surface area contributed by atoms with Gasteiger partial charge in [-0.3, -0.25) is 4.90 Å². The summed E-state index contributed by atoms with van der Waals surface area (Å²) in [5.74, 6) is 0.592. The molecule has 1 saturated heterocycles. The molecule has 0 spiro atoms. The first kappa shape index (κ1) is 15.0. The third-order valence-corrected chi connectivity index (χ3v) is 4.76.